The molecule has 0 radical (unpaired) electrons. The molecule has 1 aliphatic heterocycles. The summed E-state index contributed by atoms with van der Waals surface area (Å²) in [6.45, 7) is 3.04. The fraction of sp³-hybridized carbons (Fsp3) is 0.333. The zero-order valence-corrected chi connectivity index (χ0v) is 8.21. The summed E-state index contributed by atoms with van der Waals surface area (Å²) in [5.74, 6) is 0. The van der Waals surface area contributed by atoms with Gasteiger partial charge in [0.05, 0.1) is 12.2 Å². The number of para-hydroxylation sites is 1. The van der Waals surface area contributed by atoms with Crippen LogP contribution in [0, 0.1) is 0 Å². The Hall–Kier alpha value is -1.28. The minimum Gasteiger partial charge on any atom is -0.370 e. The molecule has 1 atom stereocenters. The predicted molar refractivity (Wildman–Crippen MR) is 56.2 cm³/mol. The summed E-state index contributed by atoms with van der Waals surface area (Å²) in [5, 5.41) is 1.29. The second-order valence-electron chi connectivity index (χ2n) is 4.08. The van der Waals surface area contributed by atoms with Crippen LogP contribution in [-0.4, -0.2) is 11.6 Å². The third kappa shape index (κ3) is 0.946. The van der Waals surface area contributed by atoms with E-state index in [1.54, 1.807) is 0 Å². The molecule has 1 unspecified atom stereocenters. The monoisotopic (exact) mass is 187 g/mol. The minimum atomic E-state index is -0.0559. The number of ether oxygens (including phenoxy) is 1. The van der Waals surface area contributed by atoms with Crippen LogP contribution in [0.4, 0.5) is 0 Å². The topological polar surface area (TPSA) is 25.0 Å². The smallest absolute Gasteiger partial charge is 0.0945 e. The van der Waals surface area contributed by atoms with Crippen molar-refractivity contribution in [3.8, 4) is 0 Å². The van der Waals surface area contributed by atoms with E-state index in [1.165, 1.54) is 16.5 Å². The van der Waals surface area contributed by atoms with Gasteiger partial charge in [-0.1, -0.05) is 18.2 Å². The van der Waals surface area contributed by atoms with E-state index in [4.69, 9.17) is 4.74 Å². The molecule has 0 spiro atoms. The molecule has 2 aromatic rings. The van der Waals surface area contributed by atoms with Gasteiger partial charge in [-0.2, -0.15) is 0 Å². The van der Waals surface area contributed by atoms with Crippen molar-refractivity contribution >= 4 is 10.9 Å². The van der Waals surface area contributed by atoms with Gasteiger partial charge in [0.1, 0.15) is 0 Å². The molecular weight excluding hydrogens is 174 g/mol. The Labute approximate surface area is 82.9 Å². The molecular formula is C12H13NO. The van der Waals surface area contributed by atoms with Crippen molar-refractivity contribution in [3.63, 3.8) is 0 Å². The van der Waals surface area contributed by atoms with E-state index in [0.717, 1.165) is 13.0 Å². The molecule has 2 heteroatoms. The van der Waals surface area contributed by atoms with Crippen LogP contribution in [0.1, 0.15) is 18.9 Å². The second-order valence-corrected chi connectivity index (χ2v) is 4.08. The van der Waals surface area contributed by atoms with Crippen molar-refractivity contribution in [2.45, 2.75) is 18.9 Å². The molecule has 1 fully saturated rings. The standard InChI is InChI=1S/C12H13NO/c1-12(6-7-14-12)10-8-13-11-5-3-2-4-9(10)11/h2-5,8,13H,6-7H2,1H3. The Kier molecular flexibility index (Phi) is 1.50. The molecule has 0 bridgehead atoms. The van der Waals surface area contributed by atoms with Gasteiger partial charge in [-0.3, -0.25) is 0 Å². The van der Waals surface area contributed by atoms with Gasteiger partial charge in [-0.15, -0.1) is 0 Å². The second kappa shape index (κ2) is 2.61. The first kappa shape index (κ1) is 8.06. The molecule has 3 rings (SSSR count). The number of aromatic amines is 1. The average Bonchev–Trinajstić information content (AvgIpc) is 2.58. The van der Waals surface area contributed by atoms with Gasteiger partial charge in [0.25, 0.3) is 0 Å². The minimum absolute atomic E-state index is 0.0559. The number of fused-ring (bicyclic) bond motifs is 1. The lowest BCUT2D eigenvalue weighted by molar-refractivity contribution is -0.139. The number of hydrogen-bond donors (Lipinski definition) is 1. The van der Waals surface area contributed by atoms with Crippen LogP contribution in [-0.2, 0) is 10.3 Å². The predicted octanol–water partition coefficient (Wildman–Crippen LogP) is 2.80. The van der Waals surface area contributed by atoms with Crippen molar-refractivity contribution in [3.05, 3.63) is 36.0 Å². The van der Waals surface area contributed by atoms with Crippen LogP contribution in [0.2, 0.25) is 0 Å². The third-order valence-electron chi connectivity index (χ3n) is 3.16. The van der Waals surface area contributed by atoms with Gasteiger partial charge in [0.2, 0.25) is 0 Å². The molecule has 0 amide bonds. The van der Waals surface area contributed by atoms with Crippen LogP contribution in [0.3, 0.4) is 0 Å². The quantitative estimate of drug-likeness (QED) is 0.729. The highest BCUT2D eigenvalue weighted by Crippen LogP contribution is 2.40. The van der Waals surface area contributed by atoms with Crippen LogP contribution in [0.15, 0.2) is 30.5 Å². The number of rotatable bonds is 1. The summed E-state index contributed by atoms with van der Waals surface area (Å²) < 4.78 is 5.65. The van der Waals surface area contributed by atoms with Gasteiger partial charge in [-0.25, -0.2) is 0 Å². The maximum Gasteiger partial charge on any atom is 0.0945 e. The van der Waals surface area contributed by atoms with E-state index in [-0.39, 0.29) is 5.60 Å². The number of H-pyrrole nitrogens is 1. The molecule has 1 aromatic heterocycles. The summed E-state index contributed by atoms with van der Waals surface area (Å²) in [6, 6.07) is 8.36. The lowest BCUT2D eigenvalue weighted by Gasteiger charge is -2.38. The Bertz CT molecular complexity index is 468. The van der Waals surface area contributed by atoms with Crippen LogP contribution >= 0.6 is 0 Å². The maximum atomic E-state index is 5.65. The fourth-order valence-corrected chi connectivity index (χ4v) is 2.13. The van der Waals surface area contributed by atoms with E-state index in [1.807, 2.05) is 6.07 Å². The molecule has 2 nitrogen and oxygen atoms in total. The van der Waals surface area contributed by atoms with Gasteiger partial charge in [0, 0.05) is 29.1 Å². The summed E-state index contributed by atoms with van der Waals surface area (Å²) in [7, 11) is 0. The normalized spacial score (nSPS) is 26.4. The van der Waals surface area contributed by atoms with Gasteiger partial charge in [-0.05, 0) is 13.0 Å². The Morgan fingerprint density at radius 1 is 1.36 bits per heavy atom. The first-order valence-electron chi connectivity index (χ1n) is 5.00. The number of nitrogens with one attached hydrogen (secondary N) is 1. The maximum absolute atomic E-state index is 5.65. The van der Waals surface area contributed by atoms with Gasteiger partial charge in [0.15, 0.2) is 0 Å². The molecule has 14 heavy (non-hydrogen) atoms. The largest absolute Gasteiger partial charge is 0.370 e. The highest BCUT2D eigenvalue weighted by molar-refractivity contribution is 5.84. The van der Waals surface area contributed by atoms with Crippen molar-refractivity contribution in [2.24, 2.45) is 0 Å². The molecule has 72 valence electrons. The molecule has 0 aliphatic carbocycles. The fourth-order valence-electron chi connectivity index (χ4n) is 2.13. The molecule has 1 aliphatic rings. The number of aromatic nitrogens is 1. The molecule has 1 saturated heterocycles. The van der Waals surface area contributed by atoms with Gasteiger partial charge >= 0.3 is 0 Å². The zero-order chi connectivity index (χ0) is 9.60. The highest BCUT2D eigenvalue weighted by Gasteiger charge is 2.36. The lowest BCUT2D eigenvalue weighted by atomic mass is 9.88. The molecule has 1 N–H and O–H groups in total. The average molecular weight is 187 g/mol. The first-order valence-corrected chi connectivity index (χ1v) is 5.00. The molecule has 0 saturated carbocycles. The van der Waals surface area contributed by atoms with E-state index in [9.17, 15) is 0 Å². The van der Waals surface area contributed by atoms with Crippen LogP contribution < -0.4 is 0 Å². The summed E-state index contributed by atoms with van der Waals surface area (Å²) >= 11 is 0. The van der Waals surface area contributed by atoms with Crippen LogP contribution in [0.25, 0.3) is 10.9 Å². The highest BCUT2D eigenvalue weighted by atomic mass is 16.5. The van der Waals surface area contributed by atoms with Crippen molar-refractivity contribution < 1.29 is 4.74 Å². The Balaban J connectivity index is 2.22. The summed E-state index contributed by atoms with van der Waals surface area (Å²) in [4.78, 5) is 3.28. The summed E-state index contributed by atoms with van der Waals surface area (Å²) in [5.41, 5.74) is 2.43. The first-order chi connectivity index (χ1) is 6.80. The number of benzene rings is 1. The summed E-state index contributed by atoms with van der Waals surface area (Å²) in [6.07, 6.45) is 3.19. The van der Waals surface area contributed by atoms with E-state index in [2.05, 4.69) is 36.3 Å². The molecule has 2 heterocycles. The van der Waals surface area contributed by atoms with Crippen molar-refractivity contribution in [1.29, 1.82) is 0 Å². The van der Waals surface area contributed by atoms with Crippen LogP contribution in [0.5, 0.6) is 0 Å². The van der Waals surface area contributed by atoms with E-state index >= 15 is 0 Å². The van der Waals surface area contributed by atoms with Crippen molar-refractivity contribution in [1.82, 2.24) is 4.98 Å². The Morgan fingerprint density at radius 3 is 2.86 bits per heavy atom. The Morgan fingerprint density at radius 2 is 2.14 bits per heavy atom. The number of hydrogen-bond acceptors (Lipinski definition) is 1. The third-order valence-corrected chi connectivity index (χ3v) is 3.16. The molecule has 1 aromatic carbocycles. The van der Waals surface area contributed by atoms with E-state index in [0.29, 0.717) is 0 Å². The lowest BCUT2D eigenvalue weighted by Crippen LogP contribution is -2.37. The SMILES string of the molecule is CC1(c2c[nH]c3ccccc23)CCO1. The van der Waals surface area contributed by atoms with Crippen molar-refractivity contribution in [2.75, 3.05) is 6.61 Å². The van der Waals surface area contributed by atoms with E-state index < -0.39 is 0 Å². The van der Waals surface area contributed by atoms with Gasteiger partial charge < -0.3 is 9.72 Å². The zero-order valence-electron chi connectivity index (χ0n) is 8.21.